The number of ether oxygens (including phenoxy) is 1. The third-order valence-electron chi connectivity index (χ3n) is 3.30. The number of rotatable bonds is 3. The van der Waals surface area contributed by atoms with Gasteiger partial charge in [0.25, 0.3) is 0 Å². The zero-order valence-corrected chi connectivity index (χ0v) is 10.0. The minimum Gasteiger partial charge on any atom is -0.373 e. The average molecular weight is 236 g/mol. The van der Waals surface area contributed by atoms with Gasteiger partial charge in [-0.25, -0.2) is 0 Å². The van der Waals surface area contributed by atoms with Crippen LogP contribution in [0, 0.1) is 0 Å². The van der Waals surface area contributed by atoms with E-state index >= 15 is 0 Å². The second kappa shape index (κ2) is 4.35. The zero-order valence-electron chi connectivity index (χ0n) is 9.19. The van der Waals surface area contributed by atoms with Gasteiger partial charge in [0.2, 0.25) is 0 Å². The van der Waals surface area contributed by atoms with Crippen molar-refractivity contribution in [2.24, 2.45) is 0 Å². The average Bonchev–Trinajstić information content (AvgIpc) is 2.72. The highest BCUT2D eigenvalue weighted by Crippen LogP contribution is 2.42. The first-order chi connectivity index (χ1) is 7.86. The lowest BCUT2D eigenvalue weighted by atomic mass is 9.96. The molecule has 0 aliphatic carbocycles. The molecule has 0 bridgehead atoms. The molecule has 16 heavy (non-hydrogen) atoms. The SMILES string of the molecule is c1cc(COC2CSC3(CNC3)C2)ccn1. The number of hydrogen-bond donors (Lipinski definition) is 1. The summed E-state index contributed by atoms with van der Waals surface area (Å²) in [6, 6.07) is 4.03. The molecule has 86 valence electrons. The highest BCUT2D eigenvalue weighted by Gasteiger charge is 2.44. The fourth-order valence-electron chi connectivity index (χ4n) is 2.25. The molecule has 1 aromatic rings. The lowest BCUT2D eigenvalue weighted by molar-refractivity contribution is 0.0461. The van der Waals surface area contributed by atoms with Gasteiger partial charge >= 0.3 is 0 Å². The molecule has 3 heterocycles. The first kappa shape index (κ1) is 10.6. The molecule has 1 aromatic heterocycles. The van der Waals surface area contributed by atoms with Gasteiger partial charge in [0.05, 0.1) is 12.7 Å². The summed E-state index contributed by atoms with van der Waals surface area (Å²) in [7, 11) is 0. The highest BCUT2D eigenvalue weighted by molar-refractivity contribution is 8.01. The summed E-state index contributed by atoms with van der Waals surface area (Å²) in [4.78, 5) is 4.00. The third kappa shape index (κ3) is 2.10. The van der Waals surface area contributed by atoms with Crippen LogP contribution >= 0.6 is 11.8 Å². The van der Waals surface area contributed by atoms with E-state index in [1.54, 1.807) is 0 Å². The van der Waals surface area contributed by atoms with Crippen LogP contribution in [0.1, 0.15) is 12.0 Å². The van der Waals surface area contributed by atoms with E-state index in [2.05, 4.69) is 22.1 Å². The summed E-state index contributed by atoms with van der Waals surface area (Å²) < 4.78 is 6.45. The number of thioether (sulfide) groups is 1. The third-order valence-corrected chi connectivity index (χ3v) is 4.91. The summed E-state index contributed by atoms with van der Waals surface area (Å²) in [5, 5.41) is 3.35. The van der Waals surface area contributed by atoms with Crippen molar-refractivity contribution in [2.45, 2.75) is 23.9 Å². The zero-order chi connectivity index (χ0) is 10.8. The molecule has 3 nitrogen and oxygen atoms in total. The fourth-order valence-corrected chi connectivity index (χ4v) is 3.72. The van der Waals surface area contributed by atoms with Crippen LogP contribution in [0.25, 0.3) is 0 Å². The van der Waals surface area contributed by atoms with E-state index in [4.69, 9.17) is 4.74 Å². The van der Waals surface area contributed by atoms with Crippen LogP contribution in [0.2, 0.25) is 0 Å². The summed E-state index contributed by atoms with van der Waals surface area (Å²) >= 11 is 2.07. The van der Waals surface area contributed by atoms with Gasteiger partial charge in [0, 0.05) is 36.0 Å². The Labute approximate surface area is 100.0 Å². The van der Waals surface area contributed by atoms with Crippen molar-refractivity contribution < 1.29 is 4.74 Å². The molecular weight excluding hydrogens is 220 g/mol. The number of pyridine rings is 1. The van der Waals surface area contributed by atoms with Crippen LogP contribution in [0.5, 0.6) is 0 Å². The Kier molecular flexibility index (Phi) is 2.88. The smallest absolute Gasteiger partial charge is 0.0722 e. The predicted molar refractivity (Wildman–Crippen MR) is 65.5 cm³/mol. The lowest BCUT2D eigenvalue weighted by Gasteiger charge is -2.38. The Morgan fingerprint density at radius 2 is 2.25 bits per heavy atom. The van der Waals surface area contributed by atoms with Crippen molar-refractivity contribution in [2.75, 3.05) is 18.8 Å². The van der Waals surface area contributed by atoms with Crippen LogP contribution < -0.4 is 5.32 Å². The van der Waals surface area contributed by atoms with Crippen LogP contribution in [0.3, 0.4) is 0 Å². The van der Waals surface area contributed by atoms with Crippen LogP contribution in [0.4, 0.5) is 0 Å². The minimum atomic E-state index is 0.431. The maximum absolute atomic E-state index is 5.94. The van der Waals surface area contributed by atoms with Gasteiger partial charge < -0.3 is 10.1 Å². The molecule has 2 aliphatic rings. The molecule has 4 heteroatoms. The normalized spacial score (nSPS) is 26.9. The van der Waals surface area contributed by atoms with Gasteiger partial charge in [-0.05, 0) is 24.1 Å². The van der Waals surface area contributed by atoms with Gasteiger partial charge in [-0.15, -0.1) is 11.8 Å². The van der Waals surface area contributed by atoms with Gasteiger partial charge in [-0.3, -0.25) is 4.98 Å². The fraction of sp³-hybridized carbons (Fsp3) is 0.583. The monoisotopic (exact) mass is 236 g/mol. The van der Waals surface area contributed by atoms with E-state index in [1.165, 1.54) is 12.0 Å². The number of nitrogens with zero attached hydrogens (tertiary/aromatic N) is 1. The van der Waals surface area contributed by atoms with Gasteiger partial charge in [0.15, 0.2) is 0 Å². The van der Waals surface area contributed by atoms with Gasteiger partial charge in [-0.2, -0.15) is 0 Å². The molecular formula is C12H16N2OS. The van der Waals surface area contributed by atoms with Crippen molar-refractivity contribution in [1.82, 2.24) is 10.3 Å². The first-order valence-corrected chi connectivity index (χ1v) is 6.70. The van der Waals surface area contributed by atoms with E-state index < -0.39 is 0 Å². The Bertz CT molecular complexity index is 353. The molecule has 0 aromatic carbocycles. The summed E-state index contributed by atoms with van der Waals surface area (Å²) in [5.41, 5.74) is 1.22. The molecule has 1 atom stereocenters. The number of nitrogens with one attached hydrogen (secondary N) is 1. The van der Waals surface area contributed by atoms with Crippen molar-refractivity contribution in [3.63, 3.8) is 0 Å². The van der Waals surface area contributed by atoms with E-state index in [1.807, 2.05) is 24.5 Å². The molecule has 1 spiro atoms. The largest absolute Gasteiger partial charge is 0.373 e. The number of hydrogen-bond acceptors (Lipinski definition) is 4. The van der Waals surface area contributed by atoms with Gasteiger partial charge in [-0.1, -0.05) is 0 Å². The maximum Gasteiger partial charge on any atom is 0.0722 e. The Hall–Kier alpha value is -0.580. The molecule has 2 saturated heterocycles. The van der Waals surface area contributed by atoms with E-state index in [-0.39, 0.29) is 0 Å². The summed E-state index contributed by atoms with van der Waals surface area (Å²) in [5.74, 6) is 1.15. The van der Waals surface area contributed by atoms with E-state index in [0.717, 1.165) is 25.4 Å². The molecule has 0 saturated carbocycles. The van der Waals surface area contributed by atoms with Crippen LogP contribution in [-0.4, -0.2) is 34.7 Å². The molecule has 3 rings (SSSR count). The maximum atomic E-state index is 5.94. The second-order valence-electron chi connectivity index (χ2n) is 4.59. The van der Waals surface area contributed by atoms with Crippen molar-refractivity contribution >= 4 is 11.8 Å². The van der Waals surface area contributed by atoms with Crippen LogP contribution in [0.15, 0.2) is 24.5 Å². The van der Waals surface area contributed by atoms with E-state index in [0.29, 0.717) is 10.9 Å². The second-order valence-corrected chi connectivity index (χ2v) is 6.08. The molecule has 0 radical (unpaired) electrons. The molecule has 2 aliphatic heterocycles. The molecule has 1 N–H and O–H groups in total. The quantitative estimate of drug-likeness (QED) is 0.861. The molecule has 1 unspecified atom stereocenters. The van der Waals surface area contributed by atoms with E-state index in [9.17, 15) is 0 Å². The van der Waals surface area contributed by atoms with Crippen LogP contribution in [-0.2, 0) is 11.3 Å². The van der Waals surface area contributed by atoms with Crippen molar-refractivity contribution in [3.8, 4) is 0 Å². The standard InChI is InChI=1S/C12H16N2OS/c1-3-13-4-2-10(1)6-15-11-5-12(16-7-11)8-14-9-12/h1-4,11,14H,5-9H2. The predicted octanol–water partition coefficient (Wildman–Crippen LogP) is 1.45. The number of aromatic nitrogens is 1. The summed E-state index contributed by atoms with van der Waals surface area (Å²) in [6.45, 7) is 3.04. The van der Waals surface area contributed by atoms with Gasteiger partial charge in [0.1, 0.15) is 0 Å². The first-order valence-electron chi connectivity index (χ1n) is 5.72. The van der Waals surface area contributed by atoms with Crippen molar-refractivity contribution in [3.05, 3.63) is 30.1 Å². The Morgan fingerprint density at radius 3 is 2.88 bits per heavy atom. The highest BCUT2D eigenvalue weighted by atomic mass is 32.2. The summed E-state index contributed by atoms with van der Waals surface area (Å²) in [6.07, 6.45) is 5.27. The molecule has 2 fully saturated rings. The molecule has 0 amide bonds. The topological polar surface area (TPSA) is 34.1 Å². The Balaban J connectivity index is 1.50. The Morgan fingerprint density at radius 1 is 1.44 bits per heavy atom. The van der Waals surface area contributed by atoms with Crippen molar-refractivity contribution in [1.29, 1.82) is 0 Å². The minimum absolute atomic E-state index is 0.431. The lowest BCUT2D eigenvalue weighted by Crippen LogP contribution is -2.56.